The van der Waals surface area contributed by atoms with Gasteiger partial charge in [-0.2, -0.15) is 0 Å². The number of ether oxygens (including phenoxy) is 6. The first-order valence-electron chi connectivity index (χ1n) is 25.5. The van der Waals surface area contributed by atoms with E-state index < -0.39 is 64.4 Å². The fourth-order valence-corrected chi connectivity index (χ4v) is 8.92. The maximum Gasteiger partial charge on any atom is 0.413 e. The predicted molar refractivity (Wildman–Crippen MR) is 294 cm³/mol. The quantitative estimate of drug-likeness (QED) is 0.0135. The highest BCUT2D eigenvalue weighted by molar-refractivity contribution is 7.14. The highest BCUT2D eigenvalue weighted by Gasteiger charge is 2.42. The van der Waals surface area contributed by atoms with Crippen LogP contribution in [0.5, 0.6) is 23.0 Å². The summed E-state index contributed by atoms with van der Waals surface area (Å²) in [6.45, 7) is 16.9. The second-order valence-corrected chi connectivity index (χ2v) is 22.4. The first kappa shape index (κ1) is 59.2. The number of likely N-dealkylation sites (tertiary alicyclic amines) is 1. The van der Waals surface area contributed by atoms with Crippen molar-refractivity contribution in [3.63, 3.8) is 0 Å². The van der Waals surface area contributed by atoms with Gasteiger partial charge in [0.25, 0.3) is 11.8 Å². The van der Waals surface area contributed by atoms with E-state index in [-0.39, 0.29) is 35.7 Å². The Morgan fingerprint density at radius 2 is 1.54 bits per heavy atom. The summed E-state index contributed by atoms with van der Waals surface area (Å²) in [5.74, 6) is -0.265. The maximum absolute atomic E-state index is 13.9. The minimum absolute atomic E-state index is 0.0128. The number of carbonyl (C=O) groups excluding carboxylic acids is 5. The lowest BCUT2D eigenvalue weighted by atomic mass is 9.98. The zero-order valence-corrected chi connectivity index (χ0v) is 47.5. The largest absolute Gasteiger partial charge is 0.497 e. The van der Waals surface area contributed by atoms with E-state index in [0.717, 1.165) is 59.0 Å². The Labute approximate surface area is 467 Å². The molecular weight excluding hydrogens is 1060 g/mol. The summed E-state index contributed by atoms with van der Waals surface area (Å²) in [6, 6.07) is 18.8. The van der Waals surface area contributed by atoms with Gasteiger partial charge in [-0.3, -0.25) is 19.7 Å². The van der Waals surface area contributed by atoms with Crippen molar-refractivity contribution in [3.05, 3.63) is 111 Å². The van der Waals surface area contributed by atoms with Crippen LogP contribution < -0.4 is 45.5 Å². The number of oxime groups is 1. The summed E-state index contributed by atoms with van der Waals surface area (Å²) >= 11 is 8.01. The molecule has 2 saturated heterocycles. The van der Waals surface area contributed by atoms with Gasteiger partial charge in [0, 0.05) is 50.1 Å². The SMILES string of the molecule is COc1ccc(COc2ccc(CNCCN3CC[C@@H](c4cc(C(=O)NC[C@H]5NC(=O)[C@H]5NC(=O)/C(=N\OC(C)(C)C(=O)OC(C)(C)C)c5csc(NC(=O)OC(C)(C)C)n5)on4)C3)c(Cl)c2OCc2ccc(OC)cc2)cc1. The summed E-state index contributed by atoms with van der Waals surface area (Å²) in [5.41, 5.74) is -0.370. The minimum atomic E-state index is -1.66. The molecule has 4 amide bonds. The third-order valence-electron chi connectivity index (χ3n) is 12.2. The predicted octanol–water partition coefficient (Wildman–Crippen LogP) is 7.14. The molecule has 0 radical (unpaired) electrons. The van der Waals surface area contributed by atoms with E-state index in [4.69, 9.17) is 49.4 Å². The third-order valence-corrected chi connectivity index (χ3v) is 13.4. The van der Waals surface area contributed by atoms with Crippen LogP contribution in [-0.4, -0.2) is 126 Å². The molecule has 2 aromatic heterocycles. The number of aromatic nitrogens is 2. The topological polar surface area (TPSA) is 265 Å². The maximum atomic E-state index is 13.9. The van der Waals surface area contributed by atoms with Crippen LogP contribution in [0, 0.1) is 0 Å². The van der Waals surface area contributed by atoms with Gasteiger partial charge in [0.2, 0.25) is 17.3 Å². The number of carbonyl (C=O) groups is 5. The molecule has 5 N–H and O–H groups in total. The van der Waals surface area contributed by atoms with Crippen LogP contribution in [0.2, 0.25) is 5.02 Å². The van der Waals surface area contributed by atoms with Crippen molar-refractivity contribution in [1.82, 2.24) is 36.3 Å². The molecule has 424 valence electrons. The molecule has 7 rings (SSSR count). The van der Waals surface area contributed by atoms with Crippen molar-refractivity contribution in [2.24, 2.45) is 5.16 Å². The molecule has 24 heteroatoms. The Hall–Kier alpha value is -7.47. The van der Waals surface area contributed by atoms with Crippen molar-refractivity contribution < 1.29 is 61.8 Å². The summed E-state index contributed by atoms with van der Waals surface area (Å²) in [5, 5.41) is 24.3. The van der Waals surface area contributed by atoms with Gasteiger partial charge in [-0.15, -0.1) is 11.3 Å². The average molecular weight is 1130 g/mol. The lowest BCUT2D eigenvalue weighted by Crippen LogP contribution is -2.72. The molecule has 2 fully saturated rings. The molecular formula is C55H68ClN9O13S. The normalized spacial score (nSPS) is 16.7. The molecule has 0 bridgehead atoms. The number of benzene rings is 3. The van der Waals surface area contributed by atoms with Crippen LogP contribution in [0.1, 0.15) is 106 Å². The summed E-state index contributed by atoms with van der Waals surface area (Å²) < 4.78 is 39.4. The van der Waals surface area contributed by atoms with Crippen LogP contribution in [-0.2, 0) is 48.5 Å². The Kier molecular flexibility index (Phi) is 19.5. The van der Waals surface area contributed by atoms with Gasteiger partial charge in [0.15, 0.2) is 22.3 Å². The number of halogens is 1. The van der Waals surface area contributed by atoms with Crippen molar-refractivity contribution in [3.8, 4) is 23.0 Å². The molecule has 0 spiro atoms. The van der Waals surface area contributed by atoms with E-state index in [1.54, 1.807) is 61.8 Å². The van der Waals surface area contributed by atoms with E-state index in [0.29, 0.717) is 48.5 Å². The fraction of sp³-hybridized carbons (Fsp3) is 0.455. The second-order valence-electron chi connectivity index (χ2n) is 21.2. The Bertz CT molecular complexity index is 2970. The zero-order valence-electron chi connectivity index (χ0n) is 45.9. The molecule has 0 aliphatic carbocycles. The number of amides is 4. The minimum Gasteiger partial charge on any atom is -0.497 e. The number of β-lactam (4-membered cyclic amide) rings is 1. The number of esters is 1. The zero-order chi connectivity index (χ0) is 57.1. The van der Waals surface area contributed by atoms with Crippen molar-refractivity contribution >= 4 is 63.6 Å². The molecule has 4 heterocycles. The number of anilines is 1. The number of hydrogen-bond donors (Lipinski definition) is 5. The van der Waals surface area contributed by atoms with Gasteiger partial charge >= 0.3 is 12.1 Å². The van der Waals surface area contributed by atoms with Gasteiger partial charge in [0.05, 0.1) is 31.0 Å². The van der Waals surface area contributed by atoms with Crippen LogP contribution in [0.3, 0.4) is 0 Å². The first-order valence-corrected chi connectivity index (χ1v) is 26.8. The standard InChI is InChI=1S/C55H68ClN9O13S/c1-53(2,3)75-50(69)55(7,8)78-64-45(40-31-79-51(60-40)62-52(70)76-54(4,5)6)49(68)61-44-39(59-48(44)67)27-58-47(66)42-25-38(63-77-42)35-21-23-65(28-35)24-22-57-26-34-15-20-41(73-29-32-11-16-36(71-9)17-12-32)46(43(34)56)74-30-33-13-18-37(72-10)19-14-33/h11-20,25,31,35,39,44,57H,21-24,26-30H2,1-10H3,(H,58,66)(H,59,67)(H,61,68)(H,60,62,70)/b64-45-/t35-,39-,44+/m1/s1. The lowest BCUT2D eigenvalue weighted by molar-refractivity contribution is -0.179. The van der Waals surface area contributed by atoms with Crippen molar-refractivity contribution in [2.45, 2.75) is 116 Å². The molecule has 2 aliphatic heterocycles. The highest BCUT2D eigenvalue weighted by Crippen LogP contribution is 2.39. The van der Waals surface area contributed by atoms with Gasteiger partial charge in [-0.05, 0) is 115 Å². The second kappa shape index (κ2) is 26.0. The third kappa shape index (κ3) is 16.8. The Morgan fingerprint density at radius 1 is 0.886 bits per heavy atom. The number of rotatable bonds is 24. The smallest absolute Gasteiger partial charge is 0.413 e. The van der Waals surface area contributed by atoms with E-state index in [1.165, 1.54) is 19.2 Å². The lowest BCUT2D eigenvalue weighted by Gasteiger charge is -2.37. The first-order chi connectivity index (χ1) is 37.5. The van der Waals surface area contributed by atoms with Crippen LogP contribution in [0.25, 0.3) is 0 Å². The van der Waals surface area contributed by atoms with Crippen LogP contribution >= 0.6 is 22.9 Å². The number of thiazole rings is 1. The Morgan fingerprint density at radius 3 is 2.18 bits per heavy atom. The van der Waals surface area contributed by atoms with Crippen molar-refractivity contribution in [1.29, 1.82) is 0 Å². The summed E-state index contributed by atoms with van der Waals surface area (Å²) in [7, 11) is 3.24. The van der Waals surface area contributed by atoms with E-state index in [9.17, 15) is 24.0 Å². The summed E-state index contributed by atoms with van der Waals surface area (Å²) in [4.78, 5) is 77.7. The Balaban J connectivity index is 0.899. The monoisotopic (exact) mass is 1130 g/mol. The molecule has 0 unspecified atom stereocenters. The number of hydrogen-bond acceptors (Lipinski definition) is 19. The number of nitrogens with zero attached hydrogens (tertiary/aromatic N) is 4. The molecule has 2 aliphatic rings. The molecule has 0 saturated carbocycles. The van der Waals surface area contributed by atoms with E-state index in [2.05, 4.69) is 46.8 Å². The van der Waals surface area contributed by atoms with Gasteiger partial charge in [0.1, 0.15) is 47.7 Å². The summed E-state index contributed by atoms with van der Waals surface area (Å²) in [6.07, 6.45) is 0.0275. The van der Waals surface area contributed by atoms with Crippen LogP contribution in [0.4, 0.5) is 9.93 Å². The molecule has 79 heavy (non-hydrogen) atoms. The van der Waals surface area contributed by atoms with E-state index >= 15 is 0 Å². The molecule has 3 aromatic carbocycles. The van der Waals surface area contributed by atoms with Crippen molar-refractivity contribution in [2.75, 3.05) is 52.3 Å². The fourth-order valence-electron chi connectivity index (χ4n) is 7.96. The van der Waals surface area contributed by atoms with Crippen LogP contribution in [0.15, 0.2) is 81.8 Å². The average Bonchev–Trinajstić information content (AvgIpc) is 4.23. The number of methoxy groups -OCH3 is 2. The number of nitrogens with one attached hydrogen (secondary N) is 5. The molecule has 3 atom stereocenters. The van der Waals surface area contributed by atoms with Gasteiger partial charge < -0.3 is 63.9 Å². The van der Waals surface area contributed by atoms with E-state index in [1.807, 2.05) is 60.7 Å². The molecule has 22 nitrogen and oxygen atoms in total. The van der Waals surface area contributed by atoms with Gasteiger partial charge in [-0.1, -0.05) is 52.2 Å². The highest BCUT2D eigenvalue weighted by atomic mass is 35.5. The van der Waals surface area contributed by atoms with Gasteiger partial charge in [-0.25, -0.2) is 14.6 Å². The molecule has 5 aromatic rings.